The summed E-state index contributed by atoms with van der Waals surface area (Å²) in [6.45, 7) is 6.82. The van der Waals surface area contributed by atoms with Gasteiger partial charge in [0.1, 0.15) is 5.82 Å². The summed E-state index contributed by atoms with van der Waals surface area (Å²) in [7, 11) is 0. The number of hydrogen-bond donors (Lipinski definition) is 2. The molecule has 0 spiro atoms. The van der Waals surface area contributed by atoms with Gasteiger partial charge in [0.25, 0.3) is 0 Å². The minimum atomic E-state index is 0.543. The van der Waals surface area contributed by atoms with Crippen molar-refractivity contribution in [1.29, 1.82) is 0 Å². The van der Waals surface area contributed by atoms with Crippen molar-refractivity contribution in [3.05, 3.63) is 18.3 Å². The first-order valence-electron chi connectivity index (χ1n) is 5.71. The van der Waals surface area contributed by atoms with Gasteiger partial charge in [0, 0.05) is 37.7 Å². The standard InChI is InChI=1S/C12H21N3O/c1-10(2)9-16-7-3-5-14-11-4-6-15-12(13)8-11/h4,6,8,10H,3,5,7,9H2,1-2H3,(H3,13,14,15). The first-order chi connectivity index (χ1) is 7.68. The SMILES string of the molecule is CC(C)COCCCNc1ccnc(N)c1. The molecule has 1 rings (SSSR count). The van der Waals surface area contributed by atoms with Crippen molar-refractivity contribution in [3.63, 3.8) is 0 Å². The topological polar surface area (TPSA) is 60.2 Å². The first kappa shape index (κ1) is 12.8. The van der Waals surface area contributed by atoms with E-state index in [4.69, 9.17) is 10.5 Å². The molecule has 0 unspecified atom stereocenters. The Morgan fingerprint density at radius 3 is 3.00 bits per heavy atom. The third-order valence-corrected chi connectivity index (χ3v) is 2.03. The van der Waals surface area contributed by atoms with Crippen LogP contribution in [0.15, 0.2) is 18.3 Å². The van der Waals surface area contributed by atoms with Crippen LogP contribution in [0.5, 0.6) is 0 Å². The van der Waals surface area contributed by atoms with E-state index in [1.54, 1.807) is 6.20 Å². The highest BCUT2D eigenvalue weighted by molar-refractivity contribution is 5.49. The molecule has 4 nitrogen and oxygen atoms in total. The Labute approximate surface area is 97.2 Å². The monoisotopic (exact) mass is 223 g/mol. The highest BCUT2D eigenvalue weighted by atomic mass is 16.5. The van der Waals surface area contributed by atoms with Crippen LogP contribution in [-0.4, -0.2) is 24.7 Å². The van der Waals surface area contributed by atoms with Crippen LogP contribution < -0.4 is 11.1 Å². The molecule has 3 N–H and O–H groups in total. The summed E-state index contributed by atoms with van der Waals surface area (Å²) in [6, 6.07) is 3.74. The van der Waals surface area contributed by atoms with Crippen molar-refractivity contribution < 1.29 is 4.74 Å². The van der Waals surface area contributed by atoms with Gasteiger partial charge >= 0.3 is 0 Å². The van der Waals surface area contributed by atoms with E-state index >= 15 is 0 Å². The fraction of sp³-hybridized carbons (Fsp3) is 0.583. The molecule has 0 radical (unpaired) electrons. The summed E-state index contributed by atoms with van der Waals surface area (Å²) >= 11 is 0. The molecule has 0 saturated heterocycles. The van der Waals surface area contributed by atoms with Gasteiger partial charge in [-0.05, 0) is 18.4 Å². The van der Waals surface area contributed by atoms with E-state index in [2.05, 4.69) is 24.1 Å². The Morgan fingerprint density at radius 2 is 2.31 bits per heavy atom. The van der Waals surface area contributed by atoms with Crippen molar-refractivity contribution >= 4 is 11.5 Å². The molecule has 90 valence electrons. The van der Waals surface area contributed by atoms with E-state index in [-0.39, 0.29) is 0 Å². The number of nitrogen functional groups attached to an aromatic ring is 1. The quantitative estimate of drug-likeness (QED) is 0.695. The molecule has 0 aliphatic carbocycles. The van der Waals surface area contributed by atoms with Gasteiger partial charge in [-0.3, -0.25) is 0 Å². The summed E-state index contributed by atoms with van der Waals surface area (Å²) in [5.41, 5.74) is 6.58. The molecule has 0 aromatic carbocycles. The van der Waals surface area contributed by atoms with Crippen LogP contribution in [0.4, 0.5) is 11.5 Å². The van der Waals surface area contributed by atoms with E-state index in [0.717, 1.165) is 31.9 Å². The number of pyridine rings is 1. The predicted molar refractivity (Wildman–Crippen MR) is 67.4 cm³/mol. The molecule has 0 amide bonds. The molecule has 1 aromatic heterocycles. The lowest BCUT2D eigenvalue weighted by molar-refractivity contribution is 0.110. The van der Waals surface area contributed by atoms with Crippen LogP contribution in [0, 0.1) is 5.92 Å². The van der Waals surface area contributed by atoms with Gasteiger partial charge in [0.05, 0.1) is 0 Å². The molecular formula is C12H21N3O. The van der Waals surface area contributed by atoms with Crippen molar-refractivity contribution in [2.24, 2.45) is 5.92 Å². The number of nitrogens with two attached hydrogens (primary N) is 1. The predicted octanol–water partition coefficient (Wildman–Crippen LogP) is 2.14. The number of hydrogen-bond acceptors (Lipinski definition) is 4. The highest BCUT2D eigenvalue weighted by Gasteiger charge is 1.95. The number of rotatable bonds is 7. The minimum absolute atomic E-state index is 0.543. The fourth-order valence-corrected chi connectivity index (χ4v) is 1.28. The summed E-state index contributed by atoms with van der Waals surface area (Å²) in [5, 5.41) is 3.27. The molecule has 4 heteroatoms. The van der Waals surface area contributed by atoms with Gasteiger partial charge in [0.2, 0.25) is 0 Å². The lowest BCUT2D eigenvalue weighted by Crippen LogP contribution is -2.08. The van der Waals surface area contributed by atoms with Crippen molar-refractivity contribution in [2.45, 2.75) is 20.3 Å². The maximum absolute atomic E-state index is 5.57. The van der Waals surface area contributed by atoms with Crippen molar-refractivity contribution in [3.8, 4) is 0 Å². The molecule has 16 heavy (non-hydrogen) atoms. The van der Waals surface area contributed by atoms with Crippen molar-refractivity contribution in [2.75, 3.05) is 30.8 Å². The molecule has 0 atom stereocenters. The highest BCUT2D eigenvalue weighted by Crippen LogP contribution is 2.08. The molecule has 0 saturated carbocycles. The second-order valence-corrected chi connectivity index (χ2v) is 4.22. The largest absolute Gasteiger partial charge is 0.385 e. The van der Waals surface area contributed by atoms with Crippen LogP contribution in [-0.2, 0) is 4.74 Å². The lowest BCUT2D eigenvalue weighted by Gasteiger charge is -2.08. The lowest BCUT2D eigenvalue weighted by atomic mass is 10.2. The molecule has 1 aromatic rings. The van der Waals surface area contributed by atoms with Crippen LogP contribution in [0.1, 0.15) is 20.3 Å². The summed E-state index contributed by atoms with van der Waals surface area (Å²) in [5.74, 6) is 1.15. The molecule has 0 bridgehead atoms. The number of nitrogens with one attached hydrogen (secondary N) is 1. The molecule has 0 fully saturated rings. The Bertz CT molecular complexity index is 302. The normalized spacial score (nSPS) is 10.7. The Kier molecular flexibility index (Phi) is 5.64. The Hall–Kier alpha value is -1.29. The molecule has 0 aliphatic rings. The molecule has 1 heterocycles. The number of ether oxygens (including phenoxy) is 1. The Balaban J connectivity index is 2.07. The zero-order chi connectivity index (χ0) is 11.8. The third kappa shape index (κ3) is 5.56. The maximum atomic E-state index is 5.57. The van der Waals surface area contributed by atoms with E-state index in [9.17, 15) is 0 Å². The summed E-state index contributed by atoms with van der Waals surface area (Å²) < 4.78 is 5.48. The van der Waals surface area contributed by atoms with Crippen LogP contribution >= 0.6 is 0 Å². The second-order valence-electron chi connectivity index (χ2n) is 4.22. The smallest absolute Gasteiger partial charge is 0.125 e. The van der Waals surface area contributed by atoms with Crippen LogP contribution in [0.25, 0.3) is 0 Å². The zero-order valence-electron chi connectivity index (χ0n) is 10.1. The summed E-state index contributed by atoms with van der Waals surface area (Å²) in [4.78, 5) is 3.93. The first-order valence-corrected chi connectivity index (χ1v) is 5.71. The van der Waals surface area contributed by atoms with Crippen LogP contribution in [0.3, 0.4) is 0 Å². The van der Waals surface area contributed by atoms with Gasteiger partial charge in [-0.2, -0.15) is 0 Å². The van der Waals surface area contributed by atoms with E-state index in [1.807, 2.05) is 12.1 Å². The van der Waals surface area contributed by atoms with E-state index in [1.165, 1.54) is 0 Å². The molecular weight excluding hydrogens is 202 g/mol. The molecule has 0 aliphatic heterocycles. The summed E-state index contributed by atoms with van der Waals surface area (Å²) in [6.07, 6.45) is 2.70. The van der Waals surface area contributed by atoms with Crippen molar-refractivity contribution in [1.82, 2.24) is 4.98 Å². The average Bonchev–Trinajstić information content (AvgIpc) is 2.23. The zero-order valence-corrected chi connectivity index (χ0v) is 10.1. The number of nitrogens with zero attached hydrogens (tertiary/aromatic N) is 1. The minimum Gasteiger partial charge on any atom is -0.385 e. The Morgan fingerprint density at radius 1 is 1.50 bits per heavy atom. The van der Waals surface area contributed by atoms with Gasteiger partial charge in [0.15, 0.2) is 0 Å². The van der Waals surface area contributed by atoms with Gasteiger partial charge < -0.3 is 15.8 Å². The van der Waals surface area contributed by atoms with Gasteiger partial charge in [-0.15, -0.1) is 0 Å². The van der Waals surface area contributed by atoms with Gasteiger partial charge in [-0.1, -0.05) is 13.8 Å². The van der Waals surface area contributed by atoms with Crippen LogP contribution in [0.2, 0.25) is 0 Å². The van der Waals surface area contributed by atoms with Gasteiger partial charge in [-0.25, -0.2) is 4.98 Å². The number of anilines is 2. The second kappa shape index (κ2) is 7.06. The van der Waals surface area contributed by atoms with E-state index < -0.39 is 0 Å². The van der Waals surface area contributed by atoms with E-state index in [0.29, 0.717) is 11.7 Å². The average molecular weight is 223 g/mol. The fourth-order valence-electron chi connectivity index (χ4n) is 1.28. The third-order valence-electron chi connectivity index (χ3n) is 2.03. The number of aromatic nitrogens is 1. The maximum Gasteiger partial charge on any atom is 0.125 e.